The van der Waals surface area contributed by atoms with Crippen molar-refractivity contribution < 1.29 is 9.47 Å². The maximum Gasteiger partial charge on any atom is 0.126 e. The zero-order valence-corrected chi connectivity index (χ0v) is 13.3. The van der Waals surface area contributed by atoms with E-state index in [2.05, 4.69) is 20.3 Å². The molecule has 0 aliphatic heterocycles. The molecule has 1 radical (unpaired) electrons. The van der Waals surface area contributed by atoms with Gasteiger partial charge in [0.1, 0.15) is 11.5 Å². The molecule has 0 bridgehead atoms. The normalized spacial score (nSPS) is 10.6. The summed E-state index contributed by atoms with van der Waals surface area (Å²) < 4.78 is 11.8. The fraction of sp³-hybridized carbons (Fsp3) is 0.611. The Hall–Kier alpha value is -1.18. The first kappa shape index (κ1) is 16.9. The Labute approximate surface area is 124 Å². The smallest absolute Gasteiger partial charge is 0.126 e. The summed E-state index contributed by atoms with van der Waals surface area (Å²) in [6.07, 6.45) is 9.18. The Morgan fingerprint density at radius 1 is 0.850 bits per heavy atom. The van der Waals surface area contributed by atoms with E-state index in [1.165, 1.54) is 25.7 Å². The van der Waals surface area contributed by atoms with Crippen LogP contribution in [0.1, 0.15) is 64.9 Å². The van der Waals surface area contributed by atoms with Crippen LogP contribution in [0.15, 0.2) is 18.2 Å². The van der Waals surface area contributed by atoms with Gasteiger partial charge in [-0.05, 0) is 31.4 Å². The van der Waals surface area contributed by atoms with E-state index in [0.29, 0.717) is 0 Å². The van der Waals surface area contributed by atoms with E-state index in [1.54, 1.807) is 0 Å². The standard InChI is InChI=1S/C18H29O2/c1-4-7-9-14-19-17-12-11-13-18(16(17)6-3)20-15-10-8-5-2/h6,11-13H,4-5,7-10,14-15H2,1-3H3. The van der Waals surface area contributed by atoms with Crippen LogP contribution in [0.4, 0.5) is 0 Å². The number of ether oxygens (including phenoxy) is 2. The minimum Gasteiger partial charge on any atom is -0.493 e. The average Bonchev–Trinajstić information content (AvgIpc) is 2.48. The first-order valence-corrected chi connectivity index (χ1v) is 8.01. The zero-order valence-electron chi connectivity index (χ0n) is 13.3. The van der Waals surface area contributed by atoms with Crippen LogP contribution in [0.3, 0.4) is 0 Å². The van der Waals surface area contributed by atoms with Crippen molar-refractivity contribution in [2.45, 2.75) is 59.3 Å². The van der Waals surface area contributed by atoms with Crippen molar-refractivity contribution >= 4 is 0 Å². The average molecular weight is 277 g/mol. The molecular weight excluding hydrogens is 248 g/mol. The Bertz CT molecular complexity index is 330. The lowest BCUT2D eigenvalue weighted by atomic mass is 10.1. The first-order chi connectivity index (χ1) is 9.83. The number of hydrogen-bond donors (Lipinski definition) is 0. The summed E-state index contributed by atoms with van der Waals surface area (Å²) >= 11 is 0. The maximum absolute atomic E-state index is 5.89. The molecule has 0 amide bonds. The molecule has 0 saturated heterocycles. The van der Waals surface area contributed by atoms with Gasteiger partial charge in [-0.15, -0.1) is 0 Å². The zero-order chi connectivity index (χ0) is 14.6. The first-order valence-electron chi connectivity index (χ1n) is 8.01. The molecule has 0 heterocycles. The van der Waals surface area contributed by atoms with Gasteiger partial charge in [-0.25, -0.2) is 0 Å². The Morgan fingerprint density at radius 2 is 1.35 bits per heavy atom. The summed E-state index contributed by atoms with van der Waals surface area (Å²) in [5.41, 5.74) is 1.08. The van der Waals surface area contributed by atoms with E-state index in [1.807, 2.05) is 25.1 Å². The van der Waals surface area contributed by atoms with E-state index in [0.717, 1.165) is 43.1 Å². The van der Waals surface area contributed by atoms with Crippen molar-refractivity contribution in [3.63, 3.8) is 0 Å². The van der Waals surface area contributed by atoms with Crippen molar-refractivity contribution in [3.8, 4) is 11.5 Å². The van der Waals surface area contributed by atoms with Crippen LogP contribution < -0.4 is 9.47 Å². The molecule has 113 valence electrons. The van der Waals surface area contributed by atoms with Crippen molar-refractivity contribution in [2.24, 2.45) is 0 Å². The van der Waals surface area contributed by atoms with Gasteiger partial charge in [0, 0.05) is 5.56 Å². The van der Waals surface area contributed by atoms with Gasteiger partial charge in [-0.2, -0.15) is 0 Å². The van der Waals surface area contributed by atoms with Crippen LogP contribution in [0.2, 0.25) is 0 Å². The minimum absolute atomic E-state index is 0.786. The monoisotopic (exact) mass is 277 g/mol. The molecule has 0 aliphatic rings. The molecule has 0 spiro atoms. The van der Waals surface area contributed by atoms with Gasteiger partial charge in [0.25, 0.3) is 0 Å². The SMILES string of the molecule is C[CH]c1c(OCCCCC)cccc1OCCCCC. The molecule has 1 aromatic rings. The summed E-state index contributed by atoms with van der Waals surface area (Å²) in [6, 6.07) is 6.07. The second-order valence-electron chi connectivity index (χ2n) is 5.07. The fourth-order valence-electron chi connectivity index (χ4n) is 2.13. The molecule has 1 aromatic carbocycles. The lowest BCUT2D eigenvalue weighted by Gasteiger charge is -2.15. The fourth-order valence-corrected chi connectivity index (χ4v) is 2.13. The van der Waals surface area contributed by atoms with Crippen LogP contribution in [-0.4, -0.2) is 13.2 Å². The van der Waals surface area contributed by atoms with E-state index in [9.17, 15) is 0 Å². The Morgan fingerprint density at radius 3 is 1.75 bits per heavy atom. The molecule has 0 aromatic heterocycles. The highest BCUT2D eigenvalue weighted by atomic mass is 16.5. The van der Waals surface area contributed by atoms with Gasteiger partial charge in [0.05, 0.1) is 13.2 Å². The number of unbranched alkanes of at least 4 members (excludes halogenated alkanes) is 4. The molecule has 0 unspecified atom stereocenters. The van der Waals surface area contributed by atoms with Gasteiger partial charge < -0.3 is 9.47 Å². The van der Waals surface area contributed by atoms with Crippen molar-refractivity contribution in [1.82, 2.24) is 0 Å². The minimum atomic E-state index is 0.786. The van der Waals surface area contributed by atoms with Crippen molar-refractivity contribution in [3.05, 3.63) is 30.2 Å². The van der Waals surface area contributed by atoms with Gasteiger partial charge >= 0.3 is 0 Å². The van der Waals surface area contributed by atoms with Crippen LogP contribution in [0, 0.1) is 6.42 Å². The molecule has 0 atom stereocenters. The molecule has 2 nitrogen and oxygen atoms in total. The predicted octanol–water partition coefficient (Wildman–Crippen LogP) is 5.40. The summed E-state index contributed by atoms with van der Waals surface area (Å²) in [4.78, 5) is 0. The molecule has 20 heavy (non-hydrogen) atoms. The third-order valence-corrected chi connectivity index (χ3v) is 3.33. The number of hydrogen-bond acceptors (Lipinski definition) is 2. The largest absolute Gasteiger partial charge is 0.493 e. The summed E-state index contributed by atoms with van der Waals surface area (Å²) in [5.74, 6) is 1.88. The molecule has 0 saturated carbocycles. The second kappa shape index (κ2) is 10.6. The molecular formula is C18H29O2. The maximum atomic E-state index is 5.89. The van der Waals surface area contributed by atoms with E-state index < -0.39 is 0 Å². The van der Waals surface area contributed by atoms with Crippen LogP contribution in [0.25, 0.3) is 0 Å². The van der Waals surface area contributed by atoms with Crippen molar-refractivity contribution in [1.29, 1.82) is 0 Å². The molecule has 0 N–H and O–H groups in total. The molecule has 1 rings (SSSR count). The highest BCUT2D eigenvalue weighted by molar-refractivity contribution is 5.48. The van der Waals surface area contributed by atoms with E-state index in [4.69, 9.17) is 9.47 Å². The summed E-state index contributed by atoms with van der Waals surface area (Å²) in [5, 5.41) is 0. The van der Waals surface area contributed by atoms with E-state index in [-0.39, 0.29) is 0 Å². The third-order valence-electron chi connectivity index (χ3n) is 3.33. The highest BCUT2D eigenvalue weighted by Gasteiger charge is 2.09. The van der Waals surface area contributed by atoms with Crippen molar-refractivity contribution in [2.75, 3.05) is 13.2 Å². The van der Waals surface area contributed by atoms with Gasteiger partial charge in [-0.3, -0.25) is 0 Å². The Kier molecular flexibility index (Phi) is 8.93. The number of benzene rings is 1. The van der Waals surface area contributed by atoms with E-state index >= 15 is 0 Å². The van der Waals surface area contributed by atoms with Crippen LogP contribution in [-0.2, 0) is 0 Å². The van der Waals surface area contributed by atoms with Gasteiger partial charge in [0.2, 0.25) is 0 Å². The molecule has 2 heteroatoms. The third kappa shape index (κ3) is 5.85. The lowest BCUT2D eigenvalue weighted by molar-refractivity contribution is 0.288. The Balaban J connectivity index is 2.56. The van der Waals surface area contributed by atoms with Crippen LogP contribution >= 0.6 is 0 Å². The van der Waals surface area contributed by atoms with Gasteiger partial charge in [-0.1, -0.05) is 52.5 Å². The highest BCUT2D eigenvalue weighted by Crippen LogP contribution is 2.30. The second-order valence-corrected chi connectivity index (χ2v) is 5.07. The molecule has 0 aliphatic carbocycles. The lowest BCUT2D eigenvalue weighted by Crippen LogP contribution is -2.03. The van der Waals surface area contributed by atoms with Crippen LogP contribution in [0.5, 0.6) is 11.5 Å². The topological polar surface area (TPSA) is 18.5 Å². The summed E-state index contributed by atoms with van der Waals surface area (Å²) in [7, 11) is 0. The number of rotatable bonds is 11. The molecule has 0 fully saturated rings. The quantitative estimate of drug-likeness (QED) is 0.504. The summed E-state index contributed by atoms with van der Waals surface area (Å²) in [6.45, 7) is 8.01. The predicted molar refractivity (Wildman–Crippen MR) is 85.6 cm³/mol. The van der Waals surface area contributed by atoms with Gasteiger partial charge in [0.15, 0.2) is 0 Å².